The van der Waals surface area contributed by atoms with E-state index in [-0.39, 0.29) is 24.6 Å². The normalized spacial score (nSPS) is 20.9. The van der Waals surface area contributed by atoms with Gasteiger partial charge >= 0.3 is 0 Å². The average molecular weight is 228 g/mol. The lowest BCUT2D eigenvalue weighted by Gasteiger charge is -2.34. The summed E-state index contributed by atoms with van der Waals surface area (Å²) in [6, 6.07) is -0.107. The van der Waals surface area contributed by atoms with Crippen LogP contribution in [-0.2, 0) is 4.79 Å². The fourth-order valence-electron chi connectivity index (χ4n) is 2.06. The van der Waals surface area contributed by atoms with Gasteiger partial charge in [-0.1, -0.05) is 0 Å². The SMILES string of the molecule is CC(CO)N(C)C(C)C(=O)N1CCCCC1. The van der Waals surface area contributed by atoms with E-state index in [0.29, 0.717) is 0 Å². The van der Waals surface area contributed by atoms with Crippen molar-refractivity contribution in [3.8, 4) is 0 Å². The fourth-order valence-corrected chi connectivity index (χ4v) is 2.06. The van der Waals surface area contributed by atoms with Crippen LogP contribution in [0.2, 0.25) is 0 Å². The molecule has 0 saturated carbocycles. The average Bonchev–Trinajstić information content (AvgIpc) is 2.36. The quantitative estimate of drug-likeness (QED) is 0.770. The highest BCUT2D eigenvalue weighted by atomic mass is 16.3. The lowest BCUT2D eigenvalue weighted by molar-refractivity contribution is -0.137. The summed E-state index contributed by atoms with van der Waals surface area (Å²) in [4.78, 5) is 16.1. The van der Waals surface area contributed by atoms with Gasteiger partial charge in [-0.25, -0.2) is 0 Å². The Hall–Kier alpha value is -0.610. The molecule has 2 atom stereocenters. The smallest absolute Gasteiger partial charge is 0.239 e. The second kappa shape index (κ2) is 6.21. The van der Waals surface area contributed by atoms with Crippen molar-refractivity contribution < 1.29 is 9.90 Å². The van der Waals surface area contributed by atoms with Crippen molar-refractivity contribution in [3.05, 3.63) is 0 Å². The van der Waals surface area contributed by atoms with E-state index in [9.17, 15) is 4.79 Å². The van der Waals surface area contributed by atoms with Crippen molar-refractivity contribution in [2.45, 2.75) is 45.2 Å². The second-order valence-corrected chi connectivity index (χ2v) is 4.76. The van der Waals surface area contributed by atoms with Gasteiger partial charge in [0.05, 0.1) is 12.6 Å². The maximum Gasteiger partial charge on any atom is 0.239 e. The van der Waals surface area contributed by atoms with Gasteiger partial charge in [0.15, 0.2) is 0 Å². The molecule has 0 aromatic carbocycles. The van der Waals surface area contributed by atoms with Crippen molar-refractivity contribution in [2.75, 3.05) is 26.7 Å². The van der Waals surface area contributed by atoms with Crippen molar-refractivity contribution in [1.29, 1.82) is 0 Å². The van der Waals surface area contributed by atoms with Crippen LogP contribution in [0.5, 0.6) is 0 Å². The van der Waals surface area contributed by atoms with Gasteiger partial charge in [0.2, 0.25) is 5.91 Å². The predicted octanol–water partition coefficient (Wildman–Crippen LogP) is 0.700. The van der Waals surface area contributed by atoms with Crippen molar-refractivity contribution in [1.82, 2.24) is 9.80 Å². The molecule has 1 rings (SSSR count). The molecule has 1 aliphatic heterocycles. The van der Waals surface area contributed by atoms with Gasteiger partial charge in [-0.05, 0) is 40.2 Å². The number of hydrogen-bond acceptors (Lipinski definition) is 3. The van der Waals surface area contributed by atoms with E-state index < -0.39 is 0 Å². The molecule has 1 saturated heterocycles. The van der Waals surface area contributed by atoms with Gasteiger partial charge < -0.3 is 10.0 Å². The molecule has 0 bridgehead atoms. The summed E-state index contributed by atoms with van der Waals surface area (Å²) in [5.74, 6) is 0.197. The number of carbonyl (C=O) groups excluding carboxylic acids is 1. The van der Waals surface area contributed by atoms with E-state index in [2.05, 4.69) is 0 Å². The van der Waals surface area contributed by atoms with Crippen LogP contribution in [0.15, 0.2) is 0 Å². The number of carbonyl (C=O) groups is 1. The first kappa shape index (κ1) is 13.5. The molecule has 1 heterocycles. The van der Waals surface area contributed by atoms with Crippen LogP contribution in [0.3, 0.4) is 0 Å². The highest BCUT2D eigenvalue weighted by Gasteiger charge is 2.26. The van der Waals surface area contributed by atoms with E-state index in [1.807, 2.05) is 30.7 Å². The van der Waals surface area contributed by atoms with E-state index in [1.165, 1.54) is 6.42 Å². The zero-order valence-electron chi connectivity index (χ0n) is 10.6. The van der Waals surface area contributed by atoms with E-state index >= 15 is 0 Å². The number of aliphatic hydroxyl groups is 1. The number of rotatable bonds is 4. The standard InChI is InChI=1S/C12H24N2O2/c1-10(9-15)13(3)11(2)12(16)14-7-5-4-6-8-14/h10-11,15H,4-9H2,1-3H3. The summed E-state index contributed by atoms with van der Waals surface area (Å²) in [6.07, 6.45) is 3.48. The molecule has 0 aromatic rings. The summed E-state index contributed by atoms with van der Waals surface area (Å²) in [5.41, 5.74) is 0. The minimum Gasteiger partial charge on any atom is -0.395 e. The predicted molar refractivity (Wildman–Crippen MR) is 64.2 cm³/mol. The third-order valence-electron chi connectivity index (χ3n) is 3.60. The van der Waals surface area contributed by atoms with Crippen molar-refractivity contribution in [2.24, 2.45) is 0 Å². The molecule has 0 aliphatic carbocycles. The Morgan fingerprint density at radius 2 is 1.88 bits per heavy atom. The molecule has 1 amide bonds. The molecular weight excluding hydrogens is 204 g/mol. The number of likely N-dealkylation sites (tertiary alicyclic amines) is 1. The number of aliphatic hydroxyl groups excluding tert-OH is 1. The minimum atomic E-state index is -0.139. The van der Waals surface area contributed by atoms with Crippen LogP contribution in [0.1, 0.15) is 33.1 Å². The maximum absolute atomic E-state index is 12.2. The summed E-state index contributed by atoms with van der Waals surface area (Å²) in [6.45, 7) is 5.73. The zero-order chi connectivity index (χ0) is 12.1. The third kappa shape index (κ3) is 3.19. The maximum atomic E-state index is 12.2. The monoisotopic (exact) mass is 228 g/mol. The van der Waals surface area contributed by atoms with Crippen LogP contribution in [0.25, 0.3) is 0 Å². The Morgan fingerprint density at radius 3 is 2.38 bits per heavy atom. The molecule has 0 spiro atoms. The Kier molecular flexibility index (Phi) is 5.22. The van der Waals surface area contributed by atoms with Gasteiger partial charge in [-0.15, -0.1) is 0 Å². The van der Waals surface area contributed by atoms with E-state index in [1.54, 1.807) is 0 Å². The fraction of sp³-hybridized carbons (Fsp3) is 0.917. The van der Waals surface area contributed by atoms with Gasteiger partial charge in [0.25, 0.3) is 0 Å². The van der Waals surface area contributed by atoms with Gasteiger partial charge in [0, 0.05) is 19.1 Å². The van der Waals surface area contributed by atoms with E-state index in [0.717, 1.165) is 25.9 Å². The molecule has 16 heavy (non-hydrogen) atoms. The summed E-state index contributed by atoms with van der Waals surface area (Å²) >= 11 is 0. The van der Waals surface area contributed by atoms with Crippen molar-refractivity contribution >= 4 is 5.91 Å². The largest absolute Gasteiger partial charge is 0.395 e. The topological polar surface area (TPSA) is 43.8 Å². The van der Waals surface area contributed by atoms with E-state index in [4.69, 9.17) is 5.11 Å². The molecule has 0 radical (unpaired) electrons. The van der Waals surface area contributed by atoms with Gasteiger partial charge in [0.1, 0.15) is 0 Å². The number of piperidine rings is 1. The number of nitrogens with zero attached hydrogens (tertiary/aromatic N) is 2. The molecular formula is C12H24N2O2. The van der Waals surface area contributed by atoms with Crippen molar-refractivity contribution in [3.63, 3.8) is 0 Å². The Morgan fingerprint density at radius 1 is 1.31 bits per heavy atom. The Labute approximate surface area is 98.2 Å². The first-order chi connectivity index (χ1) is 7.57. The summed E-state index contributed by atoms with van der Waals surface area (Å²) < 4.78 is 0. The number of hydrogen-bond donors (Lipinski definition) is 1. The lowest BCUT2D eigenvalue weighted by Crippen LogP contribution is -2.50. The highest BCUT2D eigenvalue weighted by molar-refractivity contribution is 5.81. The second-order valence-electron chi connectivity index (χ2n) is 4.76. The number of likely N-dealkylation sites (N-methyl/N-ethyl adjacent to an activating group) is 1. The Bertz CT molecular complexity index is 227. The summed E-state index contributed by atoms with van der Waals surface area (Å²) in [5, 5.41) is 9.08. The van der Waals surface area contributed by atoms with Gasteiger partial charge in [-0.2, -0.15) is 0 Å². The molecule has 4 heteroatoms. The molecule has 0 aromatic heterocycles. The molecule has 1 fully saturated rings. The Balaban J connectivity index is 2.51. The molecule has 4 nitrogen and oxygen atoms in total. The molecule has 1 N–H and O–H groups in total. The van der Waals surface area contributed by atoms with Crippen LogP contribution in [0.4, 0.5) is 0 Å². The highest BCUT2D eigenvalue weighted by Crippen LogP contribution is 2.12. The molecule has 94 valence electrons. The first-order valence-corrected chi connectivity index (χ1v) is 6.19. The van der Waals surface area contributed by atoms with Gasteiger partial charge in [-0.3, -0.25) is 9.69 Å². The van der Waals surface area contributed by atoms with Crippen LogP contribution >= 0.6 is 0 Å². The molecule has 1 aliphatic rings. The van der Waals surface area contributed by atoms with Crippen LogP contribution in [-0.4, -0.2) is 59.6 Å². The number of amides is 1. The van der Waals surface area contributed by atoms with Crippen LogP contribution in [0, 0.1) is 0 Å². The lowest BCUT2D eigenvalue weighted by atomic mass is 10.1. The van der Waals surface area contributed by atoms with Crippen LogP contribution < -0.4 is 0 Å². The minimum absolute atomic E-state index is 0.0312. The third-order valence-corrected chi connectivity index (χ3v) is 3.60. The first-order valence-electron chi connectivity index (χ1n) is 6.19. The molecule has 2 unspecified atom stereocenters. The summed E-state index contributed by atoms with van der Waals surface area (Å²) in [7, 11) is 1.90. The zero-order valence-corrected chi connectivity index (χ0v) is 10.6.